The zero-order chi connectivity index (χ0) is 21.3. The normalized spacial score (nSPS) is 18.2. The molecule has 0 atom stereocenters. The van der Waals surface area contributed by atoms with E-state index in [4.69, 9.17) is 21.7 Å². The van der Waals surface area contributed by atoms with E-state index in [0.29, 0.717) is 22.3 Å². The van der Waals surface area contributed by atoms with E-state index in [0.717, 1.165) is 50.6 Å². The molecule has 2 heterocycles. The first kappa shape index (κ1) is 25.6. The molecule has 2 saturated heterocycles. The number of hydrogen-bond acceptors (Lipinski definition) is 6. The van der Waals surface area contributed by atoms with Gasteiger partial charge in [0.1, 0.15) is 23.2 Å². The Morgan fingerprint density at radius 1 is 1.32 bits per heavy atom. The molecule has 31 heavy (non-hydrogen) atoms. The zero-order valence-electron chi connectivity index (χ0n) is 17.5. The second-order valence-corrected chi connectivity index (χ2v) is 8.85. The maximum atomic E-state index is 12.7. The summed E-state index contributed by atoms with van der Waals surface area (Å²) in [7, 11) is 1.61. The first-order valence-corrected chi connectivity index (χ1v) is 11.4. The lowest BCUT2D eigenvalue weighted by Crippen LogP contribution is -3.14. The summed E-state index contributed by atoms with van der Waals surface area (Å²) in [5, 5.41) is 2.94. The fourth-order valence-corrected chi connectivity index (χ4v) is 4.63. The van der Waals surface area contributed by atoms with Crippen molar-refractivity contribution in [3.63, 3.8) is 0 Å². The summed E-state index contributed by atoms with van der Waals surface area (Å²) < 4.78 is 11.0. The van der Waals surface area contributed by atoms with Crippen LogP contribution in [0.3, 0.4) is 0 Å². The van der Waals surface area contributed by atoms with Crippen LogP contribution >= 0.6 is 24.0 Å². The Balaban J connectivity index is 0.00000341. The standard InChI is InChI=1S/C21H27N3O4S2.ClH/c1-27-17-5-3-16(4-6-17)15-18-20(26)24(21(29)30-18)10-7-19(25)22-8-2-9-23-11-13-28-14-12-23;/h3-6,15H,2,7-14H2,1H3,(H,22,25);1H/b18-15+;. The Hall–Kier alpha value is -1.65. The van der Waals surface area contributed by atoms with Crippen molar-refractivity contribution in [2.45, 2.75) is 12.8 Å². The molecule has 7 nitrogen and oxygen atoms in total. The molecule has 3 rings (SSSR count). The van der Waals surface area contributed by atoms with Gasteiger partial charge in [0.25, 0.3) is 5.91 Å². The van der Waals surface area contributed by atoms with Crippen LogP contribution in [0.1, 0.15) is 18.4 Å². The molecule has 0 aliphatic carbocycles. The Bertz CT molecular complexity index is 798. The van der Waals surface area contributed by atoms with Crippen molar-refractivity contribution in [2.75, 3.05) is 53.0 Å². The van der Waals surface area contributed by atoms with Gasteiger partial charge in [-0.05, 0) is 23.8 Å². The van der Waals surface area contributed by atoms with Gasteiger partial charge in [-0.3, -0.25) is 14.5 Å². The molecule has 0 saturated carbocycles. The van der Waals surface area contributed by atoms with Crippen LogP contribution in [-0.2, 0) is 14.3 Å². The van der Waals surface area contributed by atoms with Crippen molar-refractivity contribution in [3.05, 3.63) is 34.7 Å². The zero-order valence-corrected chi connectivity index (χ0v) is 19.9. The third kappa shape index (κ3) is 7.76. The Morgan fingerprint density at radius 3 is 2.71 bits per heavy atom. The number of thioether (sulfide) groups is 1. The van der Waals surface area contributed by atoms with E-state index in [1.165, 1.54) is 21.6 Å². The number of nitrogens with zero attached hydrogens (tertiary/aromatic N) is 1. The van der Waals surface area contributed by atoms with E-state index in [-0.39, 0.29) is 30.6 Å². The fraction of sp³-hybridized carbons (Fsp3) is 0.476. The molecule has 1 aromatic rings. The van der Waals surface area contributed by atoms with Crippen molar-refractivity contribution in [3.8, 4) is 5.75 Å². The first-order chi connectivity index (χ1) is 14.6. The van der Waals surface area contributed by atoms with Crippen molar-refractivity contribution in [1.29, 1.82) is 0 Å². The molecule has 0 spiro atoms. The Morgan fingerprint density at radius 2 is 2.03 bits per heavy atom. The van der Waals surface area contributed by atoms with Gasteiger partial charge in [0.15, 0.2) is 0 Å². The predicted octanol–water partition coefficient (Wildman–Crippen LogP) is -2.29. The van der Waals surface area contributed by atoms with Gasteiger partial charge in [0.05, 0.1) is 31.8 Å². The summed E-state index contributed by atoms with van der Waals surface area (Å²) in [6.45, 7) is 5.69. The molecule has 0 aromatic heterocycles. The highest BCUT2D eigenvalue weighted by Crippen LogP contribution is 2.32. The maximum Gasteiger partial charge on any atom is 0.266 e. The molecule has 1 aromatic carbocycles. The van der Waals surface area contributed by atoms with Crippen LogP contribution in [0.25, 0.3) is 6.08 Å². The molecule has 10 heteroatoms. The van der Waals surface area contributed by atoms with Gasteiger partial charge in [0, 0.05) is 25.9 Å². The SMILES string of the molecule is COc1ccc(/C=C2/SC(=S)N(CCC(=O)NCCC[NH+]3CCOCC3)C2=O)cc1.[Cl-]. The van der Waals surface area contributed by atoms with Gasteiger partial charge in [-0.25, -0.2) is 0 Å². The Labute approximate surface area is 198 Å². The lowest BCUT2D eigenvalue weighted by Gasteiger charge is -2.23. The number of nitrogens with one attached hydrogen (secondary N) is 2. The minimum absolute atomic E-state index is 0. The largest absolute Gasteiger partial charge is 1.00 e. The van der Waals surface area contributed by atoms with Crippen LogP contribution in [0.2, 0.25) is 0 Å². The summed E-state index contributed by atoms with van der Waals surface area (Å²) >= 11 is 6.61. The second kappa shape index (κ2) is 13.0. The molecule has 2 N–H and O–H groups in total. The third-order valence-corrected chi connectivity index (χ3v) is 6.46. The highest BCUT2D eigenvalue weighted by Gasteiger charge is 2.32. The number of rotatable bonds is 9. The molecule has 0 unspecified atom stereocenters. The topological polar surface area (TPSA) is 72.3 Å². The van der Waals surface area contributed by atoms with Gasteiger partial charge in [-0.1, -0.05) is 36.1 Å². The summed E-state index contributed by atoms with van der Waals surface area (Å²) in [6, 6.07) is 7.46. The van der Waals surface area contributed by atoms with Crippen LogP contribution in [0.4, 0.5) is 0 Å². The maximum absolute atomic E-state index is 12.7. The molecule has 2 aliphatic heterocycles. The molecular weight excluding hydrogens is 458 g/mol. The summed E-state index contributed by atoms with van der Waals surface area (Å²) in [4.78, 5) is 28.4. The molecular formula is C21H28ClN3O4S2. The lowest BCUT2D eigenvalue weighted by molar-refractivity contribution is -0.908. The molecule has 2 fully saturated rings. The Kier molecular flexibility index (Phi) is 10.8. The number of carbonyl (C=O) groups is 2. The highest BCUT2D eigenvalue weighted by atomic mass is 35.5. The van der Waals surface area contributed by atoms with Gasteiger partial charge >= 0.3 is 0 Å². The predicted molar refractivity (Wildman–Crippen MR) is 121 cm³/mol. The summed E-state index contributed by atoms with van der Waals surface area (Å²) in [6.07, 6.45) is 2.99. The van der Waals surface area contributed by atoms with E-state index >= 15 is 0 Å². The fourth-order valence-electron chi connectivity index (χ4n) is 3.32. The van der Waals surface area contributed by atoms with Gasteiger partial charge in [-0.15, -0.1) is 0 Å². The van der Waals surface area contributed by atoms with Crippen molar-refractivity contribution < 1.29 is 36.4 Å². The number of methoxy groups -OCH3 is 1. The van der Waals surface area contributed by atoms with Crippen LogP contribution in [0.15, 0.2) is 29.2 Å². The number of thiocarbonyl (C=S) groups is 1. The second-order valence-electron chi connectivity index (χ2n) is 7.17. The van der Waals surface area contributed by atoms with Gasteiger partial charge < -0.3 is 32.1 Å². The number of ether oxygens (including phenoxy) is 2. The minimum Gasteiger partial charge on any atom is -1.00 e. The van der Waals surface area contributed by atoms with Crippen LogP contribution in [-0.4, -0.2) is 74.1 Å². The summed E-state index contributed by atoms with van der Waals surface area (Å²) in [5.41, 5.74) is 0.899. The number of quaternary nitrogens is 1. The monoisotopic (exact) mass is 485 g/mol. The van der Waals surface area contributed by atoms with E-state index in [1.807, 2.05) is 30.3 Å². The number of amides is 2. The van der Waals surface area contributed by atoms with Gasteiger partial charge in [0.2, 0.25) is 5.91 Å². The minimum atomic E-state index is -0.149. The average molecular weight is 486 g/mol. The smallest absolute Gasteiger partial charge is 0.266 e. The van der Waals surface area contributed by atoms with Gasteiger partial charge in [-0.2, -0.15) is 0 Å². The van der Waals surface area contributed by atoms with Crippen molar-refractivity contribution >= 4 is 46.2 Å². The average Bonchev–Trinajstić information content (AvgIpc) is 3.03. The van der Waals surface area contributed by atoms with E-state index < -0.39 is 0 Å². The molecule has 2 amide bonds. The van der Waals surface area contributed by atoms with Crippen molar-refractivity contribution in [2.24, 2.45) is 0 Å². The molecule has 0 radical (unpaired) electrons. The molecule has 0 bridgehead atoms. The number of hydrogen-bond donors (Lipinski definition) is 2. The number of morpholine rings is 1. The quantitative estimate of drug-likeness (QED) is 0.233. The van der Waals surface area contributed by atoms with Crippen LogP contribution in [0, 0.1) is 0 Å². The summed E-state index contributed by atoms with van der Waals surface area (Å²) in [5.74, 6) is 0.557. The first-order valence-electron chi connectivity index (χ1n) is 10.1. The van der Waals surface area contributed by atoms with Crippen molar-refractivity contribution in [1.82, 2.24) is 10.2 Å². The van der Waals surface area contributed by atoms with E-state index in [2.05, 4.69) is 5.32 Å². The third-order valence-electron chi connectivity index (χ3n) is 5.08. The number of carbonyl (C=O) groups excluding carboxylic acids is 2. The van der Waals surface area contributed by atoms with E-state index in [1.54, 1.807) is 7.11 Å². The molecule has 170 valence electrons. The van der Waals surface area contributed by atoms with E-state index in [9.17, 15) is 9.59 Å². The lowest BCUT2D eigenvalue weighted by atomic mass is 10.2. The highest BCUT2D eigenvalue weighted by molar-refractivity contribution is 8.26. The van der Waals surface area contributed by atoms with Crippen LogP contribution < -0.4 is 27.4 Å². The number of benzene rings is 1. The van der Waals surface area contributed by atoms with Crippen LogP contribution in [0.5, 0.6) is 5.75 Å². The molecule has 2 aliphatic rings. The number of halogens is 1.